The molecule has 0 unspecified atom stereocenters. The van der Waals surface area contributed by atoms with Gasteiger partial charge in [0.1, 0.15) is 5.01 Å². The van der Waals surface area contributed by atoms with E-state index in [0.29, 0.717) is 26.4 Å². The van der Waals surface area contributed by atoms with E-state index < -0.39 is 11.8 Å². The maximum Gasteiger partial charge on any atom is 0.234 e. The van der Waals surface area contributed by atoms with E-state index in [1.54, 1.807) is 18.2 Å². The van der Waals surface area contributed by atoms with Gasteiger partial charge in [-0.05, 0) is 11.6 Å². The Balaban J connectivity index is 1.97. The summed E-state index contributed by atoms with van der Waals surface area (Å²) in [6.45, 7) is 0. The van der Waals surface area contributed by atoms with Gasteiger partial charge in [-0.3, -0.25) is 9.59 Å². The number of nitrogens with two attached hydrogens (primary N) is 2. The maximum atomic E-state index is 11.0. The predicted octanol–water partition coefficient (Wildman–Crippen LogP) is 0.562. The van der Waals surface area contributed by atoms with E-state index in [0.717, 1.165) is 5.56 Å². The van der Waals surface area contributed by atoms with Crippen molar-refractivity contribution in [2.75, 3.05) is 0 Å². The van der Waals surface area contributed by atoms with Crippen LogP contribution in [0.1, 0.15) is 11.4 Å². The summed E-state index contributed by atoms with van der Waals surface area (Å²) >= 11 is 7.47. The van der Waals surface area contributed by atoms with Crippen LogP contribution >= 0.6 is 22.9 Å². The summed E-state index contributed by atoms with van der Waals surface area (Å²) in [7, 11) is 0. The average molecular weight is 351 g/mol. The van der Waals surface area contributed by atoms with Crippen molar-refractivity contribution in [3.8, 4) is 10.6 Å². The van der Waals surface area contributed by atoms with Gasteiger partial charge < -0.3 is 11.5 Å². The zero-order valence-corrected chi connectivity index (χ0v) is 13.3. The van der Waals surface area contributed by atoms with E-state index in [9.17, 15) is 9.59 Å². The first-order valence-electron chi connectivity index (χ1n) is 6.50. The molecule has 0 spiro atoms. The molecule has 0 saturated carbocycles. The SMILES string of the molecule is NC(=O)Cc1ccc(-c2nn3c(CC(N)=O)nnc3s2)cc1Cl. The molecule has 1 aromatic carbocycles. The highest BCUT2D eigenvalue weighted by Crippen LogP contribution is 2.29. The van der Waals surface area contributed by atoms with Crippen LogP contribution in [0.25, 0.3) is 15.5 Å². The Bertz CT molecular complexity index is 918. The van der Waals surface area contributed by atoms with Gasteiger partial charge in [0.25, 0.3) is 0 Å². The van der Waals surface area contributed by atoms with Crippen LogP contribution in [0.2, 0.25) is 5.02 Å². The first-order valence-corrected chi connectivity index (χ1v) is 7.70. The second kappa shape index (κ2) is 5.94. The van der Waals surface area contributed by atoms with E-state index in [1.807, 2.05) is 0 Å². The lowest BCUT2D eigenvalue weighted by Gasteiger charge is -2.03. The number of halogens is 1. The largest absolute Gasteiger partial charge is 0.369 e. The van der Waals surface area contributed by atoms with Crippen LogP contribution in [-0.4, -0.2) is 31.6 Å². The van der Waals surface area contributed by atoms with Crippen LogP contribution in [-0.2, 0) is 22.4 Å². The van der Waals surface area contributed by atoms with E-state index >= 15 is 0 Å². The van der Waals surface area contributed by atoms with E-state index in [4.69, 9.17) is 23.1 Å². The van der Waals surface area contributed by atoms with Gasteiger partial charge in [-0.15, -0.1) is 10.2 Å². The predicted molar refractivity (Wildman–Crippen MR) is 84.9 cm³/mol. The standard InChI is InChI=1S/C13H11ClN6O2S/c14-8-3-7(2-1-6(8)4-9(15)21)12-19-20-11(5-10(16)22)17-18-13(20)23-12/h1-3H,4-5H2,(H2,15,21)(H2,16,22). The highest BCUT2D eigenvalue weighted by molar-refractivity contribution is 7.19. The fourth-order valence-corrected chi connectivity index (χ4v) is 3.15. The number of aromatic nitrogens is 4. The highest BCUT2D eigenvalue weighted by Gasteiger charge is 2.15. The lowest BCUT2D eigenvalue weighted by Crippen LogP contribution is -2.16. The third-order valence-electron chi connectivity index (χ3n) is 3.05. The monoisotopic (exact) mass is 350 g/mol. The second-order valence-electron chi connectivity index (χ2n) is 4.81. The molecule has 2 heterocycles. The van der Waals surface area contributed by atoms with Gasteiger partial charge in [-0.2, -0.15) is 9.61 Å². The molecule has 0 aliphatic carbocycles. The lowest BCUT2D eigenvalue weighted by molar-refractivity contribution is -0.118. The topological polar surface area (TPSA) is 129 Å². The Kier molecular flexibility index (Phi) is 3.97. The Morgan fingerprint density at radius 2 is 1.91 bits per heavy atom. The van der Waals surface area contributed by atoms with Crippen molar-refractivity contribution in [3.63, 3.8) is 0 Å². The zero-order chi connectivity index (χ0) is 16.6. The molecule has 0 radical (unpaired) electrons. The molecule has 8 nitrogen and oxygen atoms in total. The van der Waals surface area contributed by atoms with Gasteiger partial charge in [0, 0.05) is 10.6 Å². The van der Waals surface area contributed by atoms with Crippen molar-refractivity contribution in [2.24, 2.45) is 11.5 Å². The minimum Gasteiger partial charge on any atom is -0.369 e. The van der Waals surface area contributed by atoms with Crippen molar-refractivity contribution in [3.05, 3.63) is 34.6 Å². The number of rotatable bonds is 5. The van der Waals surface area contributed by atoms with Crippen LogP contribution in [0, 0.1) is 0 Å². The normalized spacial score (nSPS) is 11.0. The first-order chi connectivity index (χ1) is 10.9. The Morgan fingerprint density at radius 1 is 1.17 bits per heavy atom. The smallest absolute Gasteiger partial charge is 0.234 e. The molecule has 0 fully saturated rings. The van der Waals surface area contributed by atoms with Crippen molar-refractivity contribution >= 4 is 39.7 Å². The van der Waals surface area contributed by atoms with Gasteiger partial charge >= 0.3 is 0 Å². The third kappa shape index (κ3) is 3.15. The molecule has 3 aromatic rings. The number of fused-ring (bicyclic) bond motifs is 1. The molecule has 0 aliphatic heterocycles. The highest BCUT2D eigenvalue weighted by atomic mass is 35.5. The van der Waals surface area contributed by atoms with Crippen molar-refractivity contribution < 1.29 is 9.59 Å². The van der Waals surface area contributed by atoms with E-state index in [2.05, 4.69) is 15.3 Å². The molecule has 23 heavy (non-hydrogen) atoms. The molecule has 3 rings (SSSR count). The van der Waals surface area contributed by atoms with Gasteiger partial charge in [0.15, 0.2) is 5.82 Å². The van der Waals surface area contributed by atoms with Crippen molar-refractivity contribution in [1.29, 1.82) is 0 Å². The average Bonchev–Trinajstić information content (AvgIpc) is 3.02. The summed E-state index contributed by atoms with van der Waals surface area (Å²) < 4.78 is 1.48. The molecular weight excluding hydrogens is 340 g/mol. The second-order valence-corrected chi connectivity index (χ2v) is 6.17. The number of nitrogens with zero attached hydrogens (tertiary/aromatic N) is 4. The number of primary amides is 2. The molecule has 118 valence electrons. The van der Waals surface area contributed by atoms with Crippen LogP contribution in [0.15, 0.2) is 18.2 Å². The summed E-state index contributed by atoms with van der Waals surface area (Å²) in [5, 5.41) is 13.3. The van der Waals surface area contributed by atoms with Crippen molar-refractivity contribution in [1.82, 2.24) is 19.8 Å². The van der Waals surface area contributed by atoms with E-state index in [1.165, 1.54) is 15.9 Å². The molecule has 10 heteroatoms. The van der Waals surface area contributed by atoms with Gasteiger partial charge in [0.2, 0.25) is 16.8 Å². The number of benzene rings is 1. The maximum absolute atomic E-state index is 11.0. The molecule has 0 saturated heterocycles. The minimum atomic E-state index is -0.507. The fraction of sp³-hybridized carbons (Fsp3) is 0.154. The molecule has 0 bridgehead atoms. The zero-order valence-electron chi connectivity index (χ0n) is 11.7. The molecule has 0 atom stereocenters. The van der Waals surface area contributed by atoms with Gasteiger partial charge in [-0.1, -0.05) is 35.1 Å². The minimum absolute atomic E-state index is 0.0390. The first kappa shape index (κ1) is 15.4. The molecule has 2 amide bonds. The number of carbonyl (C=O) groups excluding carboxylic acids is 2. The Morgan fingerprint density at radius 3 is 2.57 bits per heavy atom. The fourth-order valence-electron chi connectivity index (χ4n) is 2.05. The molecular formula is C13H11ClN6O2S. The number of hydrogen-bond donors (Lipinski definition) is 2. The number of hydrogen-bond acceptors (Lipinski definition) is 6. The molecule has 4 N–H and O–H groups in total. The third-order valence-corrected chi connectivity index (χ3v) is 4.35. The van der Waals surface area contributed by atoms with Crippen LogP contribution in [0.3, 0.4) is 0 Å². The quantitative estimate of drug-likeness (QED) is 0.694. The summed E-state index contributed by atoms with van der Waals surface area (Å²) in [5.41, 5.74) is 11.8. The van der Waals surface area contributed by atoms with Crippen molar-refractivity contribution in [2.45, 2.75) is 12.8 Å². The molecule has 0 aliphatic rings. The van der Waals surface area contributed by atoms with Crippen LogP contribution in [0.5, 0.6) is 0 Å². The summed E-state index contributed by atoms with van der Waals surface area (Å²) in [6, 6.07) is 5.23. The number of amides is 2. The summed E-state index contributed by atoms with van der Waals surface area (Å²) in [6.07, 6.45) is 0.0373. The Hall–Kier alpha value is -2.52. The van der Waals surface area contributed by atoms with Gasteiger partial charge in [-0.25, -0.2) is 0 Å². The van der Waals surface area contributed by atoms with E-state index in [-0.39, 0.29) is 12.8 Å². The van der Waals surface area contributed by atoms with Crippen LogP contribution < -0.4 is 11.5 Å². The molecule has 2 aromatic heterocycles. The Labute approximate surface area is 139 Å². The van der Waals surface area contributed by atoms with Crippen LogP contribution in [0.4, 0.5) is 0 Å². The number of carbonyl (C=O) groups is 2. The summed E-state index contributed by atoms with van der Waals surface area (Å²) in [5.74, 6) is -0.575. The summed E-state index contributed by atoms with van der Waals surface area (Å²) in [4.78, 5) is 22.5. The lowest BCUT2D eigenvalue weighted by atomic mass is 10.1. The van der Waals surface area contributed by atoms with Gasteiger partial charge in [0.05, 0.1) is 12.8 Å².